The minimum atomic E-state index is 0.304. The molecule has 0 saturated carbocycles. The quantitative estimate of drug-likeness (QED) is 0.546. The summed E-state index contributed by atoms with van der Waals surface area (Å²) in [6, 6.07) is 0.304. The molecule has 0 aliphatic carbocycles. The maximum absolute atomic E-state index is 5.42. The standard InChI is InChI=1S/C12H23N/c1-5-8-10-13(11-9-6-2)12(4)7-3/h3,12H,5-6,8-11H2,1-2,4H3. The molecule has 0 fully saturated rings. The second-order valence-corrected chi connectivity index (χ2v) is 3.59. The number of rotatable bonds is 7. The highest BCUT2D eigenvalue weighted by molar-refractivity contribution is 4.97. The molecule has 0 N–H and O–H groups in total. The van der Waals surface area contributed by atoms with Gasteiger partial charge in [-0.2, -0.15) is 0 Å². The normalized spacial score (nSPS) is 12.8. The van der Waals surface area contributed by atoms with Crippen molar-refractivity contribution >= 4 is 0 Å². The molecule has 1 nitrogen and oxygen atoms in total. The van der Waals surface area contributed by atoms with Crippen LogP contribution in [0, 0.1) is 12.3 Å². The molecule has 0 rings (SSSR count). The van der Waals surface area contributed by atoms with E-state index in [9.17, 15) is 0 Å². The van der Waals surface area contributed by atoms with E-state index in [0.29, 0.717) is 6.04 Å². The molecule has 0 spiro atoms. The topological polar surface area (TPSA) is 3.24 Å². The number of hydrogen-bond acceptors (Lipinski definition) is 1. The summed E-state index contributed by atoms with van der Waals surface area (Å²) in [5.74, 6) is 2.81. The van der Waals surface area contributed by atoms with Gasteiger partial charge in [-0.25, -0.2) is 0 Å². The zero-order valence-corrected chi connectivity index (χ0v) is 9.34. The van der Waals surface area contributed by atoms with Gasteiger partial charge >= 0.3 is 0 Å². The fraction of sp³-hybridized carbons (Fsp3) is 0.833. The molecule has 0 saturated heterocycles. The predicted octanol–water partition coefficient (Wildman–Crippen LogP) is 2.91. The summed E-state index contributed by atoms with van der Waals surface area (Å²) in [5.41, 5.74) is 0. The largest absolute Gasteiger partial charge is 0.290 e. The first-order valence-electron chi connectivity index (χ1n) is 5.46. The van der Waals surface area contributed by atoms with E-state index >= 15 is 0 Å². The maximum atomic E-state index is 5.42. The third-order valence-electron chi connectivity index (χ3n) is 2.39. The highest BCUT2D eigenvalue weighted by Crippen LogP contribution is 2.03. The van der Waals surface area contributed by atoms with Crippen molar-refractivity contribution in [3.8, 4) is 12.3 Å². The molecule has 1 unspecified atom stereocenters. The first-order valence-corrected chi connectivity index (χ1v) is 5.46. The zero-order valence-electron chi connectivity index (χ0n) is 9.34. The average molecular weight is 181 g/mol. The smallest absolute Gasteiger partial charge is 0.0683 e. The molecule has 0 heterocycles. The molecular weight excluding hydrogens is 158 g/mol. The third-order valence-corrected chi connectivity index (χ3v) is 2.39. The van der Waals surface area contributed by atoms with Gasteiger partial charge in [0.15, 0.2) is 0 Å². The van der Waals surface area contributed by atoms with Crippen molar-refractivity contribution in [2.75, 3.05) is 13.1 Å². The summed E-state index contributed by atoms with van der Waals surface area (Å²) >= 11 is 0. The Kier molecular flexibility index (Phi) is 7.83. The molecule has 0 aromatic carbocycles. The molecule has 0 aliphatic rings. The molecule has 1 atom stereocenters. The van der Waals surface area contributed by atoms with Crippen molar-refractivity contribution in [2.45, 2.75) is 52.5 Å². The first kappa shape index (κ1) is 12.5. The van der Waals surface area contributed by atoms with Crippen molar-refractivity contribution in [3.05, 3.63) is 0 Å². The molecule has 1 heteroatoms. The van der Waals surface area contributed by atoms with Gasteiger partial charge in [-0.05, 0) is 32.9 Å². The molecular formula is C12H23N. The van der Waals surface area contributed by atoms with E-state index in [2.05, 4.69) is 31.6 Å². The minimum Gasteiger partial charge on any atom is -0.290 e. The van der Waals surface area contributed by atoms with E-state index < -0.39 is 0 Å². The van der Waals surface area contributed by atoms with Gasteiger partial charge in [-0.15, -0.1) is 6.42 Å². The highest BCUT2D eigenvalue weighted by Gasteiger charge is 2.08. The average Bonchev–Trinajstić information content (AvgIpc) is 2.17. The van der Waals surface area contributed by atoms with Crippen molar-refractivity contribution < 1.29 is 0 Å². The van der Waals surface area contributed by atoms with Gasteiger partial charge < -0.3 is 0 Å². The minimum absolute atomic E-state index is 0.304. The van der Waals surface area contributed by atoms with Gasteiger partial charge in [0.2, 0.25) is 0 Å². The maximum Gasteiger partial charge on any atom is 0.0683 e. The summed E-state index contributed by atoms with van der Waals surface area (Å²) in [5, 5.41) is 0. The monoisotopic (exact) mass is 181 g/mol. The van der Waals surface area contributed by atoms with Crippen LogP contribution in [0.4, 0.5) is 0 Å². The van der Waals surface area contributed by atoms with Crippen LogP contribution in [0.2, 0.25) is 0 Å². The Hall–Kier alpha value is -0.480. The van der Waals surface area contributed by atoms with Crippen LogP contribution in [0.25, 0.3) is 0 Å². The fourth-order valence-electron chi connectivity index (χ4n) is 1.33. The Labute approximate surface area is 83.5 Å². The van der Waals surface area contributed by atoms with Crippen LogP contribution in [-0.2, 0) is 0 Å². The predicted molar refractivity (Wildman–Crippen MR) is 59.7 cm³/mol. The lowest BCUT2D eigenvalue weighted by molar-refractivity contribution is 0.240. The van der Waals surface area contributed by atoms with Crippen LogP contribution < -0.4 is 0 Å². The van der Waals surface area contributed by atoms with E-state index in [-0.39, 0.29) is 0 Å². The number of unbranched alkanes of at least 4 members (excludes halogenated alkanes) is 2. The van der Waals surface area contributed by atoms with Crippen molar-refractivity contribution in [1.29, 1.82) is 0 Å². The molecule has 0 bridgehead atoms. The van der Waals surface area contributed by atoms with E-state index in [1.54, 1.807) is 0 Å². The summed E-state index contributed by atoms with van der Waals surface area (Å²) in [6.45, 7) is 8.87. The molecule has 0 aliphatic heterocycles. The van der Waals surface area contributed by atoms with Crippen LogP contribution in [0.1, 0.15) is 46.5 Å². The van der Waals surface area contributed by atoms with Gasteiger partial charge in [0.05, 0.1) is 6.04 Å². The van der Waals surface area contributed by atoms with Crippen molar-refractivity contribution in [2.24, 2.45) is 0 Å². The summed E-state index contributed by atoms with van der Waals surface area (Å²) in [7, 11) is 0. The van der Waals surface area contributed by atoms with Gasteiger partial charge in [-0.3, -0.25) is 4.90 Å². The van der Waals surface area contributed by atoms with Gasteiger partial charge in [0, 0.05) is 0 Å². The Bertz CT molecular complexity index is 138. The molecule has 0 radical (unpaired) electrons. The van der Waals surface area contributed by atoms with Crippen LogP contribution in [-0.4, -0.2) is 24.0 Å². The number of terminal acetylenes is 1. The summed E-state index contributed by atoms with van der Waals surface area (Å²) in [6.07, 6.45) is 10.4. The van der Waals surface area contributed by atoms with Gasteiger partial charge in [0.1, 0.15) is 0 Å². The summed E-state index contributed by atoms with van der Waals surface area (Å²) < 4.78 is 0. The van der Waals surface area contributed by atoms with Crippen LogP contribution in [0.5, 0.6) is 0 Å². The second-order valence-electron chi connectivity index (χ2n) is 3.59. The van der Waals surface area contributed by atoms with E-state index in [1.807, 2.05) is 0 Å². The molecule has 0 aromatic rings. The van der Waals surface area contributed by atoms with Crippen molar-refractivity contribution in [1.82, 2.24) is 4.90 Å². The van der Waals surface area contributed by atoms with Crippen molar-refractivity contribution in [3.63, 3.8) is 0 Å². The van der Waals surface area contributed by atoms with E-state index in [0.717, 1.165) is 13.1 Å². The SMILES string of the molecule is C#CC(C)N(CCCC)CCCC. The third kappa shape index (κ3) is 5.71. The zero-order chi connectivity index (χ0) is 10.1. The highest BCUT2D eigenvalue weighted by atomic mass is 15.1. The Morgan fingerprint density at radius 1 is 1.15 bits per heavy atom. The first-order chi connectivity index (χ1) is 6.26. The van der Waals surface area contributed by atoms with Crippen LogP contribution in [0.3, 0.4) is 0 Å². The van der Waals surface area contributed by atoms with E-state index in [1.165, 1.54) is 25.7 Å². The number of nitrogens with zero attached hydrogens (tertiary/aromatic N) is 1. The van der Waals surface area contributed by atoms with Crippen LogP contribution >= 0.6 is 0 Å². The Balaban J connectivity index is 3.81. The van der Waals surface area contributed by atoms with Crippen LogP contribution in [0.15, 0.2) is 0 Å². The molecule has 13 heavy (non-hydrogen) atoms. The molecule has 76 valence electrons. The fourth-order valence-corrected chi connectivity index (χ4v) is 1.33. The van der Waals surface area contributed by atoms with Gasteiger partial charge in [-0.1, -0.05) is 32.6 Å². The second kappa shape index (κ2) is 8.13. The van der Waals surface area contributed by atoms with E-state index in [4.69, 9.17) is 6.42 Å². The Morgan fingerprint density at radius 3 is 1.92 bits per heavy atom. The lowest BCUT2D eigenvalue weighted by atomic mass is 10.2. The lowest BCUT2D eigenvalue weighted by Crippen LogP contribution is -2.33. The van der Waals surface area contributed by atoms with Gasteiger partial charge in [0.25, 0.3) is 0 Å². The Morgan fingerprint density at radius 2 is 1.62 bits per heavy atom. The molecule has 0 aromatic heterocycles. The summed E-state index contributed by atoms with van der Waals surface area (Å²) in [4.78, 5) is 2.41. The lowest BCUT2D eigenvalue weighted by Gasteiger charge is -2.25. The number of hydrogen-bond donors (Lipinski definition) is 0. The molecule has 0 amide bonds.